The molecule has 5 atom stereocenters. The van der Waals surface area contributed by atoms with Gasteiger partial charge >= 0.3 is 0 Å². The van der Waals surface area contributed by atoms with Crippen LogP contribution in [0, 0.1) is 11.8 Å². The van der Waals surface area contributed by atoms with Gasteiger partial charge in [-0.15, -0.1) is 0 Å². The van der Waals surface area contributed by atoms with Crippen LogP contribution < -0.4 is 0 Å². The van der Waals surface area contributed by atoms with Crippen molar-refractivity contribution in [3.05, 3.63) is 0 Å². The summed E-state index contributed by atoms with van der Waals surface area (Å²) >= 11 is 0. The standard InChI is InChI=1S/C18H40S/c1-9-13-15(5)14-18(11-3)19(8,12-4)17(7)16(6)10-2/h15-18H,9-14H2,1-8H3. The fourth-order valence-electron chi connectivity index (χ4n) is 3.49. The molecule has 0 aromatic carbocycles. The Labute approximate surface area is 125 Å². The van der Waals surface area contributed by atoms with Crippen molar-refractivity contribution in [3.63, 3.8) is 0 Å². The molecular formula is C18H40S. The third-order valence-corrected chi connectivity index (χ3v) is 11.0. The smallest absolute Gasteiger partial charge is 0.0112 e. The van der Waals surface area contributed by atoms with Crippen LogP contribution in [0.3, 0.4) is 0 Å². The molecule has 0 aliphatic rings. The first-order chi connectivity index (χ1) is 8.87. The topological polar surface area (TPSA) is 0 Å². The van der Waals surface area contributed by atoms with Gasteiger partial charge in [-0.2, -0.15) is 0 Å². The van der Waals surface area contributed by atoms with Crippen molar-refractivity contribution in [2.45, 2.75) is 91.1 Å². The molecule has 0 nitrogen and oxygen atoms in total. The van der Waals surface area contributed by atoms with Crippen LogP contribution in [0.25, 0.3) is 0 Å². The second-order valence-electron chi connectivity index (χ2n) is 6.77. The van der Waals surface area contributed by atoms with Crippen molar-refractivity contribution in [3.8, 4) is 0 Å². The summed E-state index contributed by atoms with van der Waals surface area (Å²) in [6.07, 6.45) is 9.59. The SMILES string of the molecule is CCCC(C)CC(CC)S(C)(CC)C(C)C(C)CC. The van der Waals surface area contributed by atoms with E-state index >= 15 is 0 Å². The first-order valence-corrected chi connectivity index (χ1v) is 10.9. The molecule has 0 rings (SSSR count). The lowest BCUT2D eigenvalue weighted by Gasteiger charge is -2.50. The zero-order valence-electron chi connectivity index (χ0n) is 15.0. The van der Waals surface area contributed by atoms with E-state index in [1.165, 1.54) is 37.9 Å². The molecular weight excluding hydrogens is 248 g/mol. The third-order valence-electron chi connectivity index (χ3n) is 5.58. The molecule has 0 aliphatic carbocycles. The molecule has 0 aliphatic heterocycles. The molecule has 0 aromatic rings. The fraction of sp³-hybridized carbons (Fsp3) is 1.00. The van der Waals surface area contributed by atoms with Gasteiger partial charge in [0.1, 0.15) is 0 Å². The Morgan fingerprint density at radius 2 is 1.47 bits per heavy atom. The Morgan fingerprint density at radius 1 is 0.895 bits per heavy atom. The molecule has 0 heterocycles. The lowest BCUT2D eigenvalue weighted by atomic mass is 9.99. The fourth-order valence-corrected chi connectivity index (χ4v) is 7.88. The molecule has 0 aromatic heterocycles. The Kier molecular flexibility index (Phi) is 9.49. The van der Waals surface area contributed by atoms with Gasteiger partial charge in [-0.05, 0) is 47.2 Å². The normalized spacial score (nSPS) is 23.2. The van der Waals surface area contributed by atoms with Crippen molar-refractivity contribution in [1.82, 2.24) is 0 Å². The highest BCUT2D eigenvalue weighted by molar-refractivity contribution is 8.34. The van der Waals surface area contributed by atoms with Gasteiger partial charge in [0.15, 0.2) is 0 Å². The van der Waals surface area contributed by atoms with Gasteiger partial charge in [0.25, 0.3) is 0 Å². The maximum Gasteiger partial charge on any atom is -0.0112 e. The Balaban J connectivity index is 4.92. The van der Waals surface area contributed by atoms with E-state index in [1.807, 2.05) is 0 Å². The summed E-state index contributed by atoms with van der Waals surface area (Å²) < 4.78 is 0. The van der Waals surface area contributed by atoms with Crippen molar-refractivity contribution >= 4 is 10.0 Å². The molecule has 0 saturated heterocycles. The maximum atomic E-state index is 2.65. The van der Waals surface area contributed by atoms with Crippen molar-refractivity contribution in [2.24, 2.45) is 11.8 Å². The molecule has 1 heteroatoms. The van der Waals surface area contributed by atoms with Crippen LogP contribution in [0.15, 0.2) is 0 Å². The minimum Gasteiger partial charge on any atom is -0.238 e. The highest BCUT2D eigenvalue weighted by Crippen LogP contribution is 2.58. The molecule has 0 fully saturated rings. The van der Waals surface area contributed by atoms with Crippen molar-refractivity contribution in [1.29, 1.82) is 0 Å². The second-order valence-corrected chi connectivity index (χ2v) is 11.2. The van der Waals surface area contributed by atoms with E-state index in [1.54, 1.807) is 0 Å². The zero-order chi connectivity index (χ0) is 15.1. The molecule has 0 bridgehead atoms. The van der Waals surface area contributed by atoms with E-state index in [9.17, 15) is 0 Å². The van der Waals surface area contributed by atoms with E-state index in [4.69, 9.17) is 0 Å². The summed E-state index contributed by atoms with van der Waals surface area (Å²) in [7, 11) is -0.471. The van der Waals surface area contributed by atoms with E-state index in [0.29, 0.717) is 0 Å². The third kappa shape index (κ3) is 5.33. The van der Waals surface area contributed by atoms with Crippen LogP contribution >= 0.6 is 10.0 Å². The van der Waals surface area contributed by atoms with Crippen molar-refractivity contribution in [2.75, 3.05) is 12.0 Å². The van der Waals surface area contributed by atoms with Crippen LogP contribution in [0.1, 0.15) is 80.6 Å². The molecule has 118 valence electrons. The van der Waals surface area contributed by atoms with E-state index in [-0.39, 0.29) is 0 Å². The number of hydrogen-bond acceptors (Lipinski definition) is 0. The average molecular weight is 289 g/mol. The molecule has 0 radical (unpaired) electrons. The second kappa shape index (κ2) is 9.32. The minimum atomic E-state index is -0.471. The molecule has 5 unspecified atom stereocenters. The molecule has 0 amide bonds. The van der Waals surface area contributed by atoms with Crippen LogP contribution in [-0.2, 0) is 0 Å². The summed E-state index contributed by atoms with van der Waals surface area (Å²) in [4.78, 5) is 0. The van der Waals surface area contributed by atoms with Gasteiger partial charge in [-0.1, -0.05) is 67.7 Å². The highest BCUT2D eigenvalue weighted by atomic mass is 32.3. The van der Waals surface area contributed by atoms with Gasteiger partial charge in [-0.25, -0.2) is 10.0 Å². The van der Waals surface area contributed by atoms with Gasteiger partial charge < -0.3 is 0 Å². The van der Waals surface area contributed by atoms with Crippen LogP contribution in [0.5, 0.6) is 0 Å². The molecule has 19 heavy (non-hydrogen) atoms. The van der Waals surface area contributed by atoms with Gasteiger partial charge in [-0.3, -0.25) is 0 Å². The molecule has 0 spiro atoms. The Bertz CT molecular complexity index is 226. The first kappa shape index (κ1) is 19.4. The molecule has 0 N–H and O–H groups in total. The van der Waals surface area contributed by atoms with Crippen LogP contribution in [0.4, 0.5) is 0 Å². The lowest BCUT2D eigenvalue weighted by molar-refractivity contribution is 0.466. The largest absolute Gasteiger partial charge is 0.238 e. The van der Waals surface area contributed by atoms with Gasteiger partial charge in [0, 0.05) is 0 Å². The summed E-state index contributed by atoms with van der Waals surface area (Å²) in [5.74, 6) is 3.21. The number of rotatable bonds is 10. The van der Waals surface area contributed by atoms with E-state index in [2.05, 4.69) is 54.7 Å². The van der Waals surface area contributed by atoms with Gasteiger partial charge in [0.05, 0.1) is 0 Å². The Morgan fingerprint density at radius 3 is 1.84 bits per heavy atom. The predicted molar refractivity (Wildman–Crippen MR) is 95.7 cm³/mol. The van der Waals surface area contributed by atoms with E-state index < -0.39 is 10.0 Å². The van der Waals surface area contributed by atoms with Crippen LogP contribution in [-0.4, -0.2) is 22.5 Å². The predicted octanol–water partition coefficient (Wildman–Crippen LogP) is 6.48. The summed E-state index contributed by atoms with van der Waals surface area (Å²) in [6.45, 7) is 17.0. The first-order valence-electron chi connectivity index (χ1n) is 8.60. The Hall–Kier alpha value is 0.350. The summed E-state index contributed by atoms with van der Waals surface area (Å²) in [5.41, 5.74) is 0. The lowest BCUT2D eigenvalue weighted by Crippen LogP contribution is -2.32. The van der Waals surface area contributed by atoms with Gasteiger partial charge in [0.2, 0.25) is 0 Å². The number of hydrogen-bond donors (Lipinski definition) is 0. The minimum absolute atomic E-state index is 0.471. The maximum absolute atomic E-state index is 2.65. The average Bonchev–Trinajstić information content (AvgIpc) is 2.42. The highest BCUT2D eigenvalue weighted by Gasteiger charge is 2.34. The van der Waals surface area contributed by atoms with E-state index in [0.717, 1.165) is 22.3 Å². The zero-order valence-corrected chi connectivity index (χ0v) is 15.8. The molecule has 0 saturated carbocycles. The van der Waals surface area contributed by atoms with Crippen LogP contribution in [0.2, 0.25) is 0 Å². The van der Waals surface area contributed by atoms with Crippen molar-refractivity contribution < 1.29 is 0 Å². The quantitative estimate of drug-likeness (QED) is 0.431. The monoisotopic (exact) mass is 288 g/mol. The summed E-state index contributed by atoms with van der Waals surface area (Å²) in [5, 5.41) is 1.89. The summed E-state index contributed by atoms with van der Waals surface area (Å²) in [6, 6.07) is 0.